The number of aliphatic imine (C=N–C) groups is 1. The molecule has 5 nitrogen and oxygen atoms in total. The summed E-state index contributed by atoms with van der Waals surface area (Å²) in [6, 6.07) is 8.14. The predicted molar refractivity (Wildman–Crippen MR) is 107 cm³/mol. The number of nitrogens with one attached hydrogen (secondary N) is 2. The van der Waals surface area contributed by atoms with Crippen LogP contribution in [0.5, 0.6) is 0 Å². The summed E-state index contributed by atoms with van der Waals surface area (Å²) in [5.74, 6) is 0.930. The van der Waals surface area contributed by atoms with Crippen molar-refractivity contribution in [3.63, 3.8) is 0 Å². The van der Waals surface area contributed by atoms with E-state index in [0.717, 1.165) is 37.6 Å². The number of halogens is 1. The first-order valence-electron chi connectivity index (χ1n) is 7.70. The number of para-hydroxylation sites is 1. The van der Waals surface area contributed by atoms with Crippen molar-refractivity contribution in [1.82, 2.24) is 10.6 Å². The fourth-order valence-corrected chi connectivity index (χ4v) is 2.57. The number of fused-ring (bicyclic) bond motifs is 1. The number of guanidine groups is 1. The van der Waals surface area contributed by atoms with Crippen LogP contribution in [0, 0.1) is 0 Å². The van der Waals surface area contributed by atoms with Gasteiger partial charge in [0.1, 0.15) is 0 Å². The van der Waals surface area contributed by atoms with Gasteiger partial charge in [0, 0.05) is 38.8 Å². The van der Waals surface area contributed by atoms with Crippen LogP contribution >= 0.6 is 24.0 Å². The molecule has 1 aliphatic heterocycles. The molecule has 0 radical (unpaired) electrons. The molecule has 2 rings (SSSR count). The molecule has 0 aromatic heterocycles. The molecule has 0 aliphatic carbocycles. The van der Waals surface area contributed by atoms with E-state index in [4.69, 9.17) is 0 Å². The number of amides is 1. The van der Waals surface area contributed by atoms with Crippen LogP contribution in [-0.4, -0.2) is 38.5 Å². The number of hydrogen-bond donors (Lipinski definition) is 2. The molecule has 1 aromatic rings. The average molecular weight is 428 g/mol. The van der Waals surface area contributed by atoms with Gasteiger partial charge in [-0.15, -0.1) is 30.6 Å². The Morgan fingerprint density at radius 1 is 1.39 bits per heavy atom. The lowest BCUT2D eigenvalue weighted by atomic mass is 10.2. The molecule has 1 aromatic carbocycles. The van der Waals surface area contributed by atoms with Crippen LogP contribution < -0.4 is 15.5 Å². The summed E-state index contributed by atoms with van der Waals surface area (Å²) in [7, 11) is 1.73. The zero-order valence-electron chi connectivity index (χ0n) is 13.5. The third kappa shape index (κ3) is 5.53. The molecule has 1 amide bonds. The summed E-state index contributed by atoms with van der Waals surface area (Å²) in [4.78, 5) is 18.3. The zero-order chi connectivity index (χ0) is 15.8. The maximum Gasteiger partial charge on any atom is 0.227 e. The summed E-state index contributed by atoms with van der Waals surface area (Å²) in [5, 5.41) is 6.29. The zero-order valence-corrected chi connectivity index (χ0v) is 15.9. The molecule has 0 fully saturated rings. The Kier molecular flexibility index (Phi) is 8.68. The van der Waals surface area contributed by atoms with E-state index in [-0.39, 0.29) is 29.9 Å². The van der Waals surface area contributed by atoms with Gasteiger partial charge >= 0.3 is 0 Å². The van der Waals surface area contributed by atoms with E-state index >= 15 is 0 Å². The molecule has 2 N–H and O–H groups in total. The van der Waals surface area contributed by atoms with E-state index < -0.39 is 0 Å². The smallest absolute Gasteiger partial charge is 0.227 e. The van der Waals surface area contributed by atoms with Gasteiger partial charge in [-0.3, -0.25) is 9.79 Å². The van der Waals surface area contributed by atoms with Crippen LogP contribution in [0.3, 0.4) is 0 Å². The van der Waals surface area contributed by atoms with Crippen LogP contribution in [0.4, 0.5) is 5.69 Å². The van der Waals surface area contributed by atoms with Crippen molar-refractivity contribution in [3.05, 3.63) is 42.5 Å². The topological polar surface area (TPSA) is 56.7 Å². The van der Waals surface area contributed by atoms with Gasteiger partial charge in [0.2, 0.25) is 5.91 Å². The van der Waals surface area contributed by atoms with Crippen LogP contribution in [-0.2, 0) is 11.2 Å². The molecular weight excluding hydrogens is 403 g/mol. The molecule has 1 heterocycles. The molecule has 23 heavy (non-hydrogen) atoms. The summed E-state index contributed by atoms with van der Waals surface area (Å²) in [5.41, 5.74) is 2.34. The van der Waals surface area contributed by atoms with Gasteiger partial charge in [0.05, 0.1) is 0 Å². The Labute approximate surface area is 155 Å². The Morgan fingerprint density at radius 2 is 2.17 bits per heavy atom. The molecule has 0 spiro atoms. The van der Waals surface area contributed by atoms with E-state index in [1.165, 1.54) is 5.56 Å². The predicted octanol–water partition coefficient (Wildman–Crippen LogP) is 2.32. The molecule has 1 aliphatic rings. The minimum Gasteiger partial charge on any atom is -0.356 e. The van der Waals surface area contributed by atoms with Crippen molar-refractivity contribution < 1.29 is 4.79 Å². The third-order valence-corrected chi connectivity index (χ3v) is 3.69. The normalized spacial score (nSPS) is 13.1. The van der Waals surface area contributed by atoms with Crippen molar-refractivity contribution in [2.45, 2.75) is 19.3 Å². The standard InChI is InChI=1S/C17H24N4O.HI/c1-3-11-19-17(18-2)20-12-6-9-16(22)21-13-10-14-7-4-5-8-15(14)21;/h3-5,7-8H,1,6,9-13H2,2H3,(H2,18,19,20);1H. The number of hydrogen-bond acceptors (Lipinski definition) is 2. The third-order valence-electron chi connectivity index (χ3n) is 3.69. The van der Waals surface area contributed by atoms with Crippen molar-refractivity contribution in [2.24, 2.45) is 4.99 Å². The quantitative estimate of drug-likeness (QED) is 0.241. The lowest BCUT2D eigenvalue weighted by Crippen LogP contribution is -2.38. The molecule has 0 saturated heterocycles. The monoisotopic (exact) mass is 428 g/mol. The first-order valence-corrected chi connectivity index (χ1v) is 7.70. The maximum atomic E-state index is 12.3. The Hall–Kier alpha value is -1.57. The van der Waals surface area contributed by atoms with Gasteiger partial charge in [0.15, 0.2) is 5.96 Å². The highest BCUT2D eigenvalue weighted by molar-refractivity contribution is 14.0. The van der Waals surface area contributed by atoms with Gasteiger partial charge < -0.3 is 15.5 Å². The summed E-state index contributed by atoms with van der Waals surface area (Å²) < 4.78 is 0. The summed E-state index contributed by atoms with van der Waals surface area (Å²) >= 11 is 0. The van der Waals surface area contributed by atoms with Gasteiger partial charge in [-0.25, -0.2) is 0 Å². The minimum absolute atomic E-state index is 0. The highest BCUT2D eigenvalue weighted by atomic mass is 127. The van der Waals surface area contributed by atoms with Crippen LogP contribution in [0.1, 0.15) is 18.4 Å². The Bertz CT molecular complexity index is 559. The van der Waals surface area contributed by atoms with Crippen LogP contribution in [0.2, 0.25) is 0 Å². The van der Waals surface area contributed by atoms with Crippen molar-refractivity contribution in [3.8, 4) is 0 Å². The molecule has 0 unspecified atom stereocenters. The second-order valence-electron chi connectivity index (χ2n) is 5.20. The van der Waals surface area contributed by atoms with Gasteiger partial charge in [0.25, 0.3) is 0 Å². The number of rotatable bonds is 6. The highest BCUT2D eigenvalue weighted by Gasteiger charge is 2.23. The second kappa shape index (κ2) is 10.3. The Balaban J connectivity index is 0.00000264. The summed E-state index contributed by atoms with van der Waals surface area (Å²) in [6.07, 6.45) is 4.06. The summed E-state index contributed by atoms with van der Waals surface area (Å²) in [6.45, 7) is 5.84. The molecule has 0 bridgehead atoms. The SMILES string of the molecule is C=CCNC(=NC)NCCCC(=O)N1CCc2ccccc21.I. The van der Waals surface area contributed by atoms with Crippen molar-refractivity contribution in [1.29, 1.82) is 0 Å². The van der Waals surface area contributed by atoms with Gasteiger partial charge in [-0.05, 0) is 24.5 Å². The Morgan fingerprint density at radius 3 is 2.91 bits per heavy atom. The maximum absolute atomic E-state index is 12.3. The van der Waals surface area contributed by atoms with Crippen LogP contribution in [0.15, 0.2) is 41.9 Å². The van der Waals surface area contributed by atoms with E-state index in [0.29, 0.717) is 13.0 Å². The van der Waals surface area contributed by atoms with Gasteiger partial charge in [-0.1, -0.05) is 24.3 Å². The first kappa shape index (κ1) is 19.5. The van der Waals surface area contributed by atoms with Crippen molar-refractivity contribution in [2.75, 3.05) is 31.6 Å². The number of nitrogens with zero attached hydrogens (tertiary/aromatic N) is 2. The molecule has 6 heteroatoms. The van der Waals surface area contributed by atoms with E-state index in [1.54, 1.807) is 13.1 Å². The van der Waals surface area contributed by atoms with Crippen molar-refractivity contribution >= 4 is 41.5 Å². The molecule has 126 valence electrons. The average Bonchev–Trinajstić information content (AvgIpc) is 2.98. The minimum atomic E-state index is 0. The van der Waals surface area contributed by atoms with E-state index in [9.17, 15) is 4.79 Å². The molecule has 0 saturated carbocycles. The number of carbonyl (C=O) groups is 1. The highest BCUT2D eigenvalue weighted by Crippen LogP contribution is 2.27. The van der Waals surface area contributed by atoms with E-state index in [1.807, 2.05) is 23.1 Å². The fraction of sp³-hybridized carbons (Fsp3) is 0.412. The fourth-order valence-electron chi connectivity index (χ4n) is 2.57. The van der Waals surface area contributed by atoms with Crippen LogP contribution in [0.25, 0.3) is 0 Å². The van der Waals surface area contributed by atoms with E-state index in [2.05, 4.69) is 28.3 Å². The number of carbonyl (C=O) groups excluding carboxylic acids is 1. The molecular formula is C17H25IN4O. The van der Waals surface area contributed by atoms with Gasteiger partial charge in [-0.2, -0.15) is 0 Å². The second-order valence-corrected chi connectivity index (χ2v) is 5.20. The number of anilines is 1. The largest absolute Gasteiger partial charge is 0.356 e. The lowest BCUT2D eigenvalue weighted by molar-refractivity contribution is -0.118. The molecule has 0 atom stereocenters. The first-order chi connectivity index (χ1) is 10.8. The lowest BCUT2D eigenvalue weighted by Gasteiger charge is -2.17. The number of benzene rings is 1.